The van der Waals surface area contributed by atoms with Crippen LogP contribution in [0.1, 0.15) is 11.1 Å². The Kier molecular flexibility index (Phi) is 5.42. The lowest BCUT2D eigenvalue weighted by Gasteiger charge is -2.11. The fourth-order valence-corrected chi connectivity index (χ4v) is 3.66. The van der Waals surface area contributed by atoms with E-state index in [1.165, 1.54) is 16.7 Å². The summed E-state index contributed by atoms with van der Waals surface area (Å²) in [7, 11) is 0. The molecule has 2 aromatic heterocycles. The van der Waals surface area contributed by atoms with Crippen LogP contribution in [0.3, 0.4) is 0 Å². The van der Waals surface area contributed by atoms with Gasteiger partial charge in [-0.3, -0.25) is 9.59 Å². The third kappa shape index (κ3) is 4.14. The van der Waals surface area contributed by atoms with Gasteiger partial charge in [0.2, 0.25) is 5.91 Å². The molecule has 0 aliphatic rings. The van der Waals surface area contributed by atoms with Crippen molar-refractivity contribution in [2.75, 3.05) is 5.32 Å². The maximum absolute atomic E-state index is 13.2. The van der Waals surface area contributed by atoms with Crippen molar-refractivity contribution in [3.8, 4) is 0 Å². The number of amides is 1. The van der Waals surface area contributed by atoms with Gasteiger partial charge in [-0.05, 0) is 42.8 Å². The number of carbonyl (C=O) groups is 1. The first-order valence-electron chi connectivity index (χ1n) is 9.39. The van der Waals surface area contributed by atoms with E-state index in [0.717, 1.165) is 22.6 Å². The lowest BCUT2D eigenvalue weighted by atomic mass is 10.1. The number of halogens is 2. The number of rotatable bonds is 5. The minimum atomic E-state index is -0.492. The fourth-order valence-electron chi connectivity index (χ4n) is 3.44. The minimum Gasteiger partial charge on any atom is -0.339 e. The zero-order valence-electron chi connectivity index (χ0n) is 16.2. The highest BCUT2D eigenvalue weighted by Crippen LogP contribution is 2.22. The summed E-state index contributed by atoms with van der Waals surface area (Å²) in [6.07, 6.45) is 3.46. The number of anilines is 1. The Balaban J connectivity index is 1.59. The molecule has 4 aromatic rings. The summed E-state index contributed by atoms with van der Waals surface area (Å²) < 4.78 is 16.4. The highest BCUT2D eigenvalue weighted by atomic mass is 35.5. The predicted octanol–water partition coefficient (Wildman–Crippen LogP) is 4.59. The first-order valence-corrected chi connectivity index (χ1v) is 9.77. The molecule has 2 heterocycles. The van der Waals surface area contributed by atoms with Crippen molar-refractivity contribution < 1.29 is 9.18 Å². The average Bonchev–Trinajstić information content (AvgIpc) is 3.10. The van der Waals surface area contributed by atoms with Crippen LogP contribution in [0, 0.1) is 12.7 Å². The fraction of sp³-hybridized carbons (Fsp3) is 0.130. The van der Waals surface area contributed by atoms with Crippen molar-refractivity contribution in [2.45, 2.75) is 20.0 Å². The summed E-state index contributed by atoms with van der Waals surface area (Å²) in [4.78, 5) is 25.5. The van der Waals surface area contributed by atoms with Crippen LogP contribution in [0.4, 0.5) is 10.1 Å². The van der Waals surface area contributed by atoms with E-state index in [9.17, 15) is 14.0 Å². The first-order chi connectivity index (χ1) is 14.4. The summed E-state index contributed by atoms with van der Waals surface area (Å²) in [6, 6.07) is 15.5. The smallest absolute Gasteiger partial charge is 0.275 e. The van der Waals surface area contributed by atoms with Crippen LogP contribution in [0.2, 0.25) is 5.02 Å². The maximum atomic E-state index is 13.2. The zero-order valence-corrected chi connectivity index (χ0v) is 17.0. The van der Waals surface area contributed by atoms with E-state index in [1.807, 2.05) is 48.0 Å². The quantitative estimate of drug-likeness (QED) is 0.510. The lowest BCUT2D eigenvalue weighted by Crippen LogP contribution is -2.28. The Morgan fingerprint density at radius 2 is 1.83 bits per heavy atom. The van der Waals surface area contributed by atoms with E-state index in [0.29, 0.717) is 17.7 Å². The third-order valence-electron chi connectivity index (χ3n) is 4.85. The van der Waals surface area contributed by atoms with Gasteiger partial charge < -0.3 is 14.5 Å². The second-order valence-corrected chi connectivity index (χ2v) is 7.56. The van der Waals surface area contributed by atoms with Crippen LogP contribution < -0.4 is 10.9 Å². The molecule has 4 rings (SSSR count). The summed E-state index contributed by atoms with van der Waals surface area (Å²) in [5.74, 6) is -0.921. The molecule has 7 heteroatoms. The van der Waals surface area contributed by atoms with E-state index in [4.69, 9.17) is 11.6 Å². The van der Waals surface area contributed by atoms with Gasteiger partial charge in [0, 0.05) is 24.3 Å². The maximum Gasteiger partial charge on any atom is 0.275 e. The number of nitrogens with zero attached hydrogens (tertiary/aromatic N) is 2. The van der Waals surface area contributed by atoms with E-state index >= 15 is 0 Å². The second kappa shape index (κ2) is 8.16. The molecule has 1 amide bonds. The number of aromatic nitrogens is 2. The van der Waals surface area contributed by atoms with Crippen molar-refractivity contribution in [1.82, 2.24) is 9.13 Å². The Bertz CT molecular complexity index is 1310. The van der Waals surface area contributed by atoms with E-state index in [2.05, 4.69) is 11.4 Å². The SMILES string of the molecule is Cc1cccc(Cn2ccc3ccn(CC(=O)Nc4ccc(F)cc4Cl)c(=O)c32)c1. The number of nitrogens with one attached hydrogen (secondary N) is 1. The number of fused-ring (bicyclic) bond motifs is 1. The van der Waals surface area contributed by atoms with Gasteiger partial charge in [0.15, 0.2) is 0 Å². The predicted molar refractivity (Wildman–Crippen MR) is 117 cm³/mol. The van der Waals surface area contributed by atoms with Crippen LogP contribution in [-0.4, -0.2) is 15.0 Å². The van der Waals surface area contributed by atoms with Crippen LogP contribution in [0.5, 0.6) is 0 Å². The first kappa shape index (κ1) is 19.9. The van der Waals surface area contributed by atoms with Crippen molar-refractivity contribution in [3.05, 3.63) is 99.3 Å². The monoisotopic (exact) mass is 423 g/mol. The molecule has 0 atom stereocenters. The average molecular weight is 424 g/mol. The summed E-state index contributed by atoms with van der Waals surface area (Å²) in [6.45, 7) is 2.40. The highest BCUT2D eigenvalue weighted by molar-refractivity contribution is 6.33. The van der Waals surface area contributed by atoms with Crippen LogP contribution in [0.15, 0.2) is 71.8 Å². The molecule has 0 radical (unpaired) electrons. The molecule has 30 heavy (non-hydrogen) atoms. The molecule has 2 aromatic carbocycles. The molecule has 0 unspecified atom stereocenters. The number of carbonyl (C=O) groups excluding carboxylic acids is 1. The molecule has 0 saturated carbocycles. The Morgan fingerprint density at radius 1 is 1.07 bits per heavy atom. The molecular formula is C23H19ClFN3O2. The Hall–Kier alpha value is -3.38. The standard InChI is InChI=1S/C23H19ClFN3O2/c1-15-3-2-4-16(11-15)13-27-9-7-17-8-10-28(23(30)22(17)27)14-21(29)26-20-6-5-18(25)12-19(20)24/h2-12H,13-14H2,1H3,(H,26,29). The largest absolute Gasteiger partial charge is 0.339 e. The Morgan fingerprint density at radius 3 is 2.57 bits per heavy atom. The number of aryl methyl sites for hydroxylation is 1. The van der Waals surface area contributed by atoms with Gasteiger partial charge >= 0.3 is 0 Å². The molecule has 152 valence electrons. The zero-order chi connectivity index (χ0) is 21.3. The van der Waals surface area contributed by atoms with E-state index in [-0.39, 0.29) is 17.1 Å². The summed E-state index contributed by atoms with van der Waals surface area (Å²) in [5, 5.41) is 3.52. The Labute approximate surface area is 177 Å². The van der Waals surface area contributed by atoms with Gasteiger partial charge in [-0.2, -0.15) is 0 Å². The summed E-state index contributed by atoms with van der Waals surface area (Å²) >= 11 is 5.95. The van der Waals surface area contributed by atoms with Crippen LogP contribution in [-0.2, 0) is 17.9 Å². The van der Waals surface area contributed by atoms with Crippen molar-refractivity contribution >= 4 is 34.1 Å². The topological polar surface area (TPSA) is 56.0 Å². The lowest BCUT2D eigenvalue weighted by molar-refractivity contribution is -0.116. The number of hydrogen-bond acceptors (Lipinski definition) is 2. The van der Waals surface area contributed by atoms with Crippen LogP contribution in [0.25, 0.3) is 10.9 Å². The normalized spacial score (nSPS) is 11.0. The minimum absolute atomic E-state index is 0.0955. The molecule has 0 aliphatic heterocycles. The number of benzene rings is 2. The number of hydrogen-bond donors (Lipinski definition) is 1. The van der Waals surface area contributed by atoms with Gasteiger partial charge in [-0.1, -0.05) is 41.4 Å². The van der Waals surface area contributed by atoms with Gasteiger partial charge in [-0.25, -0.2) is 4.39 Å². The van der Waals surface area contributed by atoms with Crippen molar-refractivity contribution in [1.29, 1.82) is 0 Å². The third-order valence-corrected chi connectivity index (χ3v) is 5.16. The van der Waals surface area contributed by atoms with Crippen molar-refractivity contribution in [3.63, 3.8) is 0 Å². The van der Waals surface area contributed by atoms with Crippen LogP contribution >= 0.6 is 11.6 Å². The molecule has 5 nitrogen and oxygen atoms in total. The summed E-state index contributed by atoms with van der Waals surface area (Å²) in [5.41, 5.74) is 2.81. The van der Waals surface area contributed by atoms with Gasteiger partial charge in [0.1, 0.15) is 17.9 Å². The van der Waals surface area contributed by atoms with Gasteiger partial charge in [0.25, 0.3) is 5.56 Å². The molecule has 0 fully saturated rings. The van der Waals surface area contributed by atoms with E-state index < -0.39 is 11.7 Å². The number of pyridine rings is 1. The van der Waals surface area contributed by atoms with Crippen molar-refractivity contribution in [2.24, 2.45) is 0 Å². The van der Waals surface area contributed by atoms with E-state index in [1.54, 1.807) is 6.20 Å². The molecule has 0 aliphatic carbocycles. The molecule has 0 saturated heterocycles. The van der Waals surface area contributed by atoms with Gasteiger partial charge in [0.05, 0.1) is 10.7 Å². The second-order valence-electron chi connectivity index (χ2n) is 7.16. The highest BCUT2D eigenvalue weighted by Gasteiger charge is 2.12. The van der Waals surface area contributed by atoms with Gasteiger partial charge in [-0.15, -0.1) is 0 Å². The molecule has 1 N–H and O–H groups in total. The molecular weight excluding hydrogens is 405 g/mol. The molecule has 0 spiro atoms. The molecule has 0 bridgehead atoms.